The lowest BCUT2D eigenvalue weighted by molar-refractivity contribution is 0.0564. The van der Waals surface area contributed by atoms with Gasteiger partial charge in [0.2, 0.25) is 0 Å². The largest absolute Gasteiger partial charge is 0.334 e. The van der Waals surface area contributed by atoms with E-state index in [1.807, 2.05) is 5.38 Å². The molecule has 1 amide bonds. The number of aromatic nitrogens is 1. The van der Waals surface area contributed by atoms with Crippen LogP contribution in [0.1, 0.15) is 79.2 Å². The van der Waals surface area contributed by atoms with Crippen LogP contribution in [0, 0.1) is 5.92 Å². The predicted octanol–water partition coefficient (Wildman–Crippen LogP) is 4.21. The van der Waals surface area contributed by atoms with Crippen molar-refractivity contribution in [3.63, 3.8) is 0 Å². The molecule has 0 N–H and O–H groups in total. The number of hydrogen-bond acceptors (Lipinski definition) is 3. The van der Waals surface area contributed by atoms with Crippen LogP contribution < -0.4 is 0 Å². The molecule has 2 aliphatic carbocycles. The maximum Gasteiger partial charge on any atom is 0.273 e. The van der Waals surface area contributed by atoms with Gasteiger partial charge in [-0.05, 0) is 44.4 Å². The molecule has 2 atom stereocenters. The summed E-state index contributed by atoms with van der Waals surface area (Å²) in [6.45, 7) is 0.941. The average Bonchev–Trinajstić information content (AvgIpc) is 3.28. The van der Waals surface area contributed by atoms with Gasteiger partial charge in [-0.3, -0.25) is 4.79 Å². The van der Waals surface area contributed by atoms with E-state index in [0.717, 1.165) is 12.5 Å². The minimum atomic E-state index is 0.206. The Bertz CT molecular complexity index is 523. The molecule has 4 rings (SSSR count). The lowest BCUT2D eigenvalue weighted by atomic mass is 9.81. The number of amides is 1. The van der Waals surface area contributed by atoms with Crippen LogP contribution in [0.4, 0.5) is 0 Å². The molecular weight excluding hydrogens is 280 g/mol. The van der Waals surface area contributed by atoms with Crippen molar-refractivity contribution in [3.05, 3.63) is 16.1 Å². The van der Waals surface area contributed by atoms with E-state index in [4.69, 9.17) is 0 Å². The van der Waals surface area contributed by atoms with Gasteiger partial charge in [-0.1, -0.05) is 19.3 Å². The molecule has 3 nitrogen and oxygen atoms in total. The molecular formula is C17H24N2OS. The highest BCUT2D eigenvalue weighted by molar-refractivity contribution is 7.10. The first-order valence-corrected chi connectivity index (χ1v) is 9.47. The molecule has 21 heavy (non-hydrogen) atoms. The van der Waals surface area contributed by atoms with Gasteiger partial charge in [0, 0.05) is 23.9 Å². The predicted molar refractivity (Wildman–Crippen MR) is 84.7 cm³/mol. The van der Waals surface area contributed by atoms with Gasteiger partial charge < -0.3 is 4.90 Å². The van der Waals surface area contributed by atoms with Crippen molar-refractivity contribution in [1.82, 2.24) is 9.88 Å². The van der Waals surface area contributed by atoms with E-state index in [2.05, 4.69) is 9.88 Å². The van der Waals surface area contributed by atoms with Crippen molar-refractivity contribution < 1.29 is 4.79 Å². The maximum atomic E-state index is 12.9. The van der Waals surface area contributed by atoms with Crippen molar-refractivity contribution in [2.45, 2.75) is 69.7 Å². The fourth-order valence-corrected chi connectivity index (χ4v) is 5.06. The van der Waals surface area contributed by atoms with Gasteiger partial charge in [0.05, 0.1) is 5.01 Å². The van der Waals surface area contributed by atoms with E-state index in [-0.39, 0.29) is 5.91 Å². The molecule has 114 valence electrons. The third kappa shape index (κ3) is 2.75. The van der Waals surface area contributed by atoms with Crippen LogP contribution >= 0.6 is 11.3 Å². The SMILES string of the molecule is O=C(c1csc(C2CC2)n1)N1CCCC[C@@H]2CCCC[C@@H]21. The molecule has 1 aromatic rings. The summed E-state index contributed by atoms with van der Waals surface area (Å²) in [6, 6.07) is 0.486. The van der Waals surface area contributed by atoms with Crippen molar-refractivity contribution in [1.29, 1.82) is 0 Å². The number of likely N-dealkylation sites (tertiary alicyclic amines) is 1. The second-order valence-electron chi connectivity index (χ2n) is 6.95. The monoisotopic (exact) mass is 304 g/mol. The van der Waals surface area contributed by atoms with Crippen LogP contribution in [-0.4, -0.2) is 28.4 Å². The van der Waals surface area contributed by atoms with Crippen LogP contribution in [-0.2, 0) is 0 Å². The molecule has 0 bridgehead atoms. The van der Waals surface area contributed by atoms with E-state index in [0.29, 0.717) is 17.7 Å². The normalized spacial score (nSPS) is 29.8. The van der Waals surface area contributed by atoms with E-state index < -0.39 is 0 Å². The smallest absolute Gasteiger partial charge is 0.273 e. The van der Waals surface area contributed by atoms with Crippen molar-refractivity contribution in [2.75, 3.05) is 6.54 Å². The standard InChI is InChI=1S/C17H24N2OS/c20-17(14-11-21-16(18-14)13-8-9-13)19-10-4-3-6-12-5-1-2-7-15(12)19/h11-13,15H,1-10H2/t12-,15-/m0/s1. The third-order valence-electron chi connectivity index (χ3n) is 5.42. The molecule has 0 aromatic carbocycles. The van der Waals surface area contributed by atoms with Gasteiger partial charge in [0.25, 0.3) is 5.91 Å². The maximum absolute atomic E-state index is 12.9. The van der Waals surface area contributed by atoms with Gasteiger partial charge in [-0.15, -0.1) is 11.3 Å². The zero-order valence-electron chi connectivity index (χ0n) is 12.6. The Balaban J connectivity index is 1.55. The van der Waals surface area contributed by atoms with Crippen LogP contribution in [0.5, 0.6) is 0 Å². The van der Waals surface area contributed by atoms with Crippen molar-refractivity contribution >= 4 is 17.2 Å². The first-order valence-electron chi connectivity index (χ1n) is 8.59. The van der Waals surface area contributed by atoms with Crippen molar-refractivity contribution in [3.8, 4) is 0 Å². The molecule has 3 aliphatic rings. The number of carbonyl (C=O) groups is 1. The minimum Gasteiger partial charge on any atom is -0.334 e. The van der Waals surface area contributed by atoms with Gasteiger partial charge in [-0.25, -0.2) is 4.98 Å². The number of nitrogens with zero attached hydrogens (tertiary/aromatic N) is 2. The van der Waals surface area contributed by atoms with Crippen molar-refractivity contribution in [2.24, 2.45) is 5.92 Å². The number of rotatable bonds is 2. The minimum absolute atomic E-state index is 0.206. The second kappa shape index (κ2) is 5.71. The summed E-state index contributed by atoms with van der Waals surface area (Å²) in [5, 5.41) is 3.19. The highest BCUT2D eigenvalue weighted by Crippen LogP contribution is 2.42. The highest BCUT2D eigenvalue weighted by atomic mass is 32.1. The van der Waals surface area contributed by atoms with E-state index in [9.17, 15) is 4.79 Å². The molecule has 1 aromatic heterocycles. The molecule has 1 aliphatic heterocycles. The third-order valence-corrected chi connectivity index (χ3v) is 6.43. The number of fused-ring (bicyclic) bond motifs is 1. The average molecular weight is 304 g/mol. The second-order valence-corrected chi connectivity index (χ2v) is 7.84. The molecule has 0 spiro atoms. The molecule has 4 heteroatoms. The van der Waals surface area contributed by atoms with Gasteiger partial charge in [-0.2, -0.15) is 0 Å². The fourth-order valence-electron chi connectivity index (χ4n) is 4.09. The van der Waals surface area contributed by atoms with Crippen LogP contribution in [0.15, 0.2) is 5.38 Å². The van der Waals surface area contributed by atoms with Crippen LogP contribution in [0.25, 0.3) is 0 Å². The Kier molecular flexibility index (Phi) is 3.74. The Labute approximate surface area is 130 Å². The summed E-state index contributed by atoms with van der Waals surface area (Å²) >= 11 is 1.69. The summed E-state index contributed by atoms with van der Waals surface area (Å²) in [7, 11) is 0. The van der Waals surface area contributed by atoms with E-state index in [1.54, 1.807) is 11.3 Å². The van der Waals surface area contributed by atoms with Crippen LogP contribution in [0.3, 0.4) is 0 Å². The van der Waals surface area contributed by atoms with E-state index in [1.165, 1.54) is 62.8 Å². The first-order chi connectivity index (χ1) is 10.3. The molecule has 2 heterocycles. The molecule has 1 saturated heterocycles. The van der Waals surface area contributed by atoms with Gasteiger partial charge in [0.1, 0.15) is 5.69 Å². The Morgan fingerprint density at radius 3 is 2.67 bits per heavy atom. The quantitative estimate of drug-likeness (QED) is 0.820. The fraction of sp³-hybridized carbons (Fsp3) is 0.765. The van der Waals surface area contributed by atoms with E-state index >= 15 is 0 Å². The summed E-state index contributed by atoms with van der Waals surface area (Å²) in [6.07, 6.45) is 11.5. The number of thiazole rings is 1. The molecule has 3 fully saturated rings. The topological polar surface area (TPSA) is 33.2 Å². The Morgan fingerprint density at radius 1 is 1.10 bits per heavy atom. The molecule has 0 radical (unpaired) electrons. The van der Waals surface area contributed by atoms with Gasteiger partial charge >= 0.3 is 0 Å². The summed E-state index contributed by atoms with van der Waals surface area (Å²) in [5.74, 6) is 1.60. The summed E-state index contributed by atoms with van der Waals surface area (Å²) in [4.78, 5) is 19.8. The number of hydrogen-bond donors (Lipinski definition) is 0. The Hall–Kier alpha value is -0.900. The Morgan fingerprint density at radius 2 is 1.86 bits per heavy atom. The number of carbonyl (C=O) groups excluding carboxylic acids is 1. The van der Waals surface area contributed by atoms with Gasteiger partial charge in [0.15, 0.2) is 0 Å². The lowest BCUT2D eigenvalue weighted by Crippen LogP contribution is -2.45. The van der Waals surface area contributed by atoms with Crippen LogP contribution in [0.2, 0.25) is 0 Å². The first kappa shape index (κ1) is 13.7. The molecule has 2 saturated carbocycles. The highest BCUT2D eigenvalue weighted by Gasteiger charge is 2.36. The lowest BCUT2D eigenvalue weighted by Gasteiger charge is -2.38. The zero-order valence-corrected chi connectivity index (χ0v) is 13.4. The molecule has 0 unspecified atom stereocenters. The summed E-state index contributed by atoms with van der Waals surface area (Å²) in [5.41, 5.74) is 0.716. The zero-order chi connectivity index (χ0) is 14.2. The summed E-state index contributed by atoms with van der Waals surface area (Å²) < 4.78 is 0.